The standard InChI is InChI=1S/C12H20N2O2/c1-13-7-10-3-6-16-12(10)8-14(2)11-4-5-15-9-11/h3,6,11,13H,4-5,7-9H2,1-2H3. The molecule has 4 nitrogen and oxygen atoms in total. The number of hydrogen-bond donors (Lipinski definition) is 1. The van der Waals surface area contributed by atoms with Crippen LogP contribution in [0.3, 0.4) is 0 Å². The molecule has 1 aliphatic rings. The van der Waals surface area contributed by atoms with Crippen LogP contribution in [0.5, 0.6) is 0 Å². The van der Waals surface area contributed by atoms with Gasteiger partial charge in [-0.3, -0.25) is 4.90 Å². The van der Waals surface area contributed by atoms with E-state index in [1.807, 2.05) is 13.1 Å². The Morgan fingerprint density at radius 3 is 3.12 bits per heavy atom. The van der Waals surface area contributed by atoms with Crippen LogP contribution >= 0.6 is 0 Å². The SMILES string of the molecule is CNCc1ccoc1CN(C)C1CCOC1. The fourth-order valence-corrected chi connectivity index (χ4v) is 2.08. The zero-order chi connectivity index (χ0) is 11.4. The first-order chi connectivity index (χ1) is 7.81. The molecule has 2 rings (SSSR count). The lowest BCUT2D eigenvalue weighted by molar-refractivity contribution is 0.151. The van der Waals surface area contributed by atoms with Crippen molar-refractivity contribution >= 4 is 0 Å². The molecule has 1 aliphatic heterocycles. The van der Waals surface area contributed by atoms with Gasteiger partial charge in [0.25, 0.3) is 0 Å². The Morgan fingerprint density at radius 1 is 1.56 bits per heavy atom. The Balaban J connectivity index is 1.94. The zero-order valence-corrected chi connectivity index (χ0v) is 10.0. The van der Waals surface area contributed by atoms with Crippen LogP contribution in [0.1, 0.15) is 17.7 Å². The molecule has 1 aromatic rings. The van der Waals surface area contributed by atoms with E-state index >= 15 is 0 Å². The number of furan rings is 1. The van der Waals surface area contributed by atoms with Gasteiger partial charge in [0.2, 0.25) is 0 Å². The summed E-state index contributed by atoms with van der Waals surface area (Å²) in [6.45, 7) is 3.45. The van der Waals surface area contributed by atoms with Gasteiger partial charge in [0.05, 0.1) is 19.4 Å². The maximum atomic E-state index is 5.52. The predicted molar refractivity (Wildman–Crippen MR) is 62.2 cm³/mol. The molecule has 16 heavy (non-hydrogen) atoms. The van der Waals surface area contributed by atoms with Gasteiger partial charge in [-0.1, -0.05) is 0 Å². The monoisotopic (exact) mass is 224 g/mol. The molecule has 0 aliphatic carbocycles. The molecular weight excluding hydrogens is 204 g/mol. The summed E-state index contributed by atoms with van der Waals surface area (Å²) in [4.78, 5) is 2.31. The van der Waals surface area contributed by atoms with Crippen LogP contribution in [0.25, 0.3) is 0 Å². The van der Waals surface area contributed by atoms with Crippen LogP contribution in [0.15, 0.2) is 16.7 Å². The third-order valence-corrected chi connectivity index (χ3v) is 3.13. The molecule has 2 heterocycles. The lowest BCUT2D eigenvalue weighted by atomic mass is 10.2. The van der Waals surface area contributed by atoms with Crippen LogP contribution < -0.4 is 5.32 Å². The molecule has 1 fully saturated rings. The van der Waals surface area contributed by atoms with Gasteiger partial charge in [0, 0.05) is 24.8 Å². The van der Waals surface area contributed by atoms with Gasteiger partial charge in [-0.25, -0.2) is 0 Å². The predicted octanol–water partition coefficient (Wildman–Crippen LogP) is 1.22. The first kappa shape index (κ1) is 11.6. The minimum Gasteiger partial charge on any atom is -0.468 e. The molecule has 1 atom stereocenters. The second-order valence-electron chi connectivity index (χ2n) is 4.33. The van der Waals surface area contributed by atoms with E-state index in [1.165, 1.54) is 5.56 Å². The van der Waals surface area contributed by atoms with E-state index in [0.717, 1.165) is 38.5 Å². The van der Waals surface area contributed by atoms with Gasteiger partial charge < -0.3 is 14.5 Å². The highest BCUT2D eigenvalue weighted by atomic mass is 16.5. The molecule has 4 heteroatoms. The summed E-state index contributed by atoms with van der Waals surface area (Å²) in [5.41, 5.74) is 1.24. The van der Waals surface area contributed by atoms with E-state index in [2.05, 4.69) is 17.3 Å². The lowest BCUT2D eigenvalue weighted by Crippen LogP contribution is -2.31. The highest BCUT2D eigenvalue weighted by Crippen LogP contribution is 2.17. The third-order valence-electron chi connectivity index (χ3n) is 3.13. The number of nitrogens with zero attached hydrogens (tertiary/aromatic N) is 1. The summed E-state index contributed by atoms with van der Waals surface area (Å²) >= 11 is 0. The van der Waals surface area contributed by atoms with Crippen molar-refractivity contribution in [3.63, 3.8) is 0 Å². The van der Waals surface area contributed by atoms with E-state index < -0.39 is 0 Å². The van der Waals surface area contributed by atoms with Gasteiger partial charge in [0.1, 0.15) is 5.76 Å². The van der Waals surface area contributed by atoms with Crippen LogP contribution in [0.2, 0.25) is 0 Å². The quantitative estimate of drug-likeness (QED) is 0.816. The zero-order valence-electron chi connectivity index (χ0n) is 10.0. The van der Waals surface area contributed by atoms with Gasteiger partial charge >= 0.3 is 0 Å². The van der Waals surface area contributed by atoms with Gasteiger partial charge in [0.15, 0.2) is 0 Å². The van der Waals surface area contributed by atoms with Crippen LogP contribution in [0, 0.1) is 0 Å². The minimum absolute atomic E-state index is 0.535. The molecule has 0 spiro atoms. The van der Waals surface area contributed by atoms with Gasteiger partial charge in [-0.2, -0.15) is 0 Å². The third kappa shape index (κ3) is 2.64. The van der Waals surface area contributed by atoms with Crippen molar-refractivity contribution in [3.05, 3.63) is 23.7 Å². The minimum atomic E-state index is 0.535. The number of nitrogens with one attached hydrogen (secondary N) is 1. The Morgan fingerprint density at radius 2 is 2.44 bits per heavy atom. The average molecular weight is 224 g/mol. The maximum Gasteiger partial charge on any atom is 0.122 e. The van der Waals surface area contributed by atoms with E-state index in [9.17, 15) is 0 Å². The molecule has 0 aromatic carbocycles. The number of ether oxygens (including phenoxy) is 1. The van der Waals surface area contributed by atoms with E-state index in [-0.39, 0.29) is 0 Å². The fraction of sp³-hybridized carbons (Fsp3) is 0.667. The highest BCUT2D eigenvalue weighted by molar-refractivity contribution is 5.16. The van der Waals surface area contributed by atoms with Crippen molar-refractivity contribution in [2.45, 2.75) is 25.6 Å². The maximum absolute atomic E-state index is 5.52. The fourth-order valence-electron chi connectivity index (χ4n) is 2.08. The van der Waals surface area contributed by atoms with Crippen LogP contribution in [-0.4, -0.2) is 38.3 Å². The van der Waals surface area contributed by atoms with Crippen LogP contribution in [-0.2, 0) is 17.8 Å². The van der Waals surface area contributed by atoms with Gasteiger partial charge in [-0.05, 0) is 26.6 Å². The molecule has 0 bridgehead atoms. The van der Waals surface area contributed by atoms with E-state index in [0.29, 0.717) is 6.04 Å². The summed E-state index contributed by atoms with van der Waals surface area (Å²) < 4.78 is 10.9. The van der Waals surface area contributed by atoms with Crippen molar-refractivity contribution in [2.75, 3.05) is 27.3 Å². The average Bonchev–Trinajstić information content (AvgIpc) is 2.90. The second kappa shape index (κ2) is 5.48. The molecule has 0 saturated carbocycles. The Kier molecular flexibility index (Phi) is 3.98. The second-order valence-corrected chi connectivity index (χ2v) is 4.33. The normalized spacial score (nSPS) is 20.8. The van der Waals surface area contributed by atoms with E-state index in [4.69, 9.17) is 9.15 Å². The Hall–Kier alpha value is -0.840. The Labute approximate surface area is 96.6 Å². The molecule has 1 unspecified atom stereocenters. The summed E-state index contributed by atoms with van der Waals surface area (Å²) in [5, 5.41) is 3.15. The smallest absolute Gasteiger partial charge is 0.122 e. The summed E-state index contributed by atoms with van der Waals surface area (Å²) in [5.74, 6) is 1.06. The van der Waals surface area contributed by atoms with E-state index in [1.54, 1.807) is 6.26 Å². The van der Waals surface area contributed by atoms with Crippen molar-refractivity contribution in [1.29, 1.82) is 0 Å². The molecular formula is C12H20N2O2. The lowest BCUT2D eigenvalue weighted by Gasteiger charge is -2.22. The molecule has 1 aromatic heterocycles. The molecule has 1 N–H and O–H groups in total. The molecule has 90 valence electrons. The summed E-state index contributed by atoms with van der Waals surface area (Å²) in [6, 6.07) is 2.57. The largest absolute Gasteiger partial charge is 0.468 e. The van der Waals surface area contributed by atoms with Crippen LogP contribution in [0.4, 0.5) is 0 Å². The van der Waals surface area contributed by atoms with Crippen molar-refractivity contribution in [1.82, 2.24) is 10.2 Å². The Bertz CT molecular complexity index is 319. The van der Waals surface area contributed by atoms with Gasteiger partial charge in [-0.15, -0.1) is 0 Å². The highest BCUT2D eigenvalue weighted by Gasteiger charge is 2.21. The van der Waals surface area contributed by atoms with Crippen molar-refractivity contribution in [2.24, 2.45) is 0 Å². The first-order valence-electron chi connectivity index (χ1n) is 5.79. The molecule has 0 amide bonds. The molecule has 0 radical (unpaired) electrons. The first-order valence-corrected chi connectivity index (χ1v) is 5.79. The van der Waals surface area contributed by atoms with Crippen molar-refractivity contribution in [3.8, 4) is 0 Å². The summed E-state index contributed by atoms with van der Waals surface area (Å²) in [7, 11) is 4.08. The topological polar surface area (TPSA) is 37.6 Å². The number of hydrogen-bond acceptors (Lipinski definition) is 4. The summed E-state index contributed by atoms with van der Waals surface area (Å²) in [6.07, 6.45) is 2.89. The molecule has 1 saturated heterocycles. The number of rotatable bonds is 5. The van der Waals surface area contributed by atoms with Crippen molar-refractivity contribution < 1.29 is 9.15 Å². The number of likely N-dealkylation sites (N-methyl/N-ethyl adjacent to an activating group) is 1.